The Bertz CT molecular complexity index is 1020. The SMILES string of the molecule is COc1ccccc1Cn1cnc2cc(C(=O)N3CC[C@@](F)(CO)C3)ccc21. The molecule has 6 nitrogen and oxygen atoms in total. The van der Waals surface area contributed by atoms with Gasteiger partial charge in [-0.2, -0.15) is 0 Å². The molecule has 0 spiro atoms. The van der Waals surface area contributed by atoms with Crippen molar-refractivity contribution in [3.8, 4) is 5.75 Å². The summed E-state index contributed by atoms with van der Waals surface area (Å²) < 4.78 is 21.6. The van der Waals surface area contributed by atoms with Crippen LogP contribution in [0.2, 0.25) is 0 Å². The van der Waals surface area contributed by atoms with Gasteiger partial charge in [-0.1, -0.05) is 18.2 Å². The summed E-state index contributed by atoms with van der Waals surface area (Å²) in [6.45, 7) is 0.253. The number of hydrogen-bond acceptors (Lipinski definition) is 4. The fourth-order valence-corrected chi connectivity index (χ4v) is 3.66. The minimum Gasteiger partial charge on any atom is -0.496 e. The molecule has 1 fully saturated rings. The molecule has 146 valence electrons. The van der Waals surface area contributed by atoms with Gasteiger partial charge in [0, 0.05) is 24.1 Å². The molecule has 7 heteroatoms. The van der Waals surface area contributed by atoms with Crippen LogP contribution in [0.25, 0.3) is 11.0 Å². The number of aromatic nitrogens is 2. The zero-order valence-electron chi connectivity index (χ0n) is 15.6. The Kier molecular flexibility index (Phi) is 4.77. The molecule has 1 N–H and O–H groups in total. The maximum atomic E-state index is 14.2. The normalized spacial score (nSPS) is 19.3. The molecular formula is C21H22FN3O3. The highest BCUT2D eigenvalue weighted by molar-refractivity contribution is 5.97. The minimum absolute atomic E-state index is 0.0807. The minimum atomic E-state index is -1.70. The quantitative estimate of drug-likeness (QED) is 0.736. The maximum Gasteiger partial charge on any atom is 0.254 e. The molecule has 2 aromatic carbocycles. The third-order valence-electron chi connectivity index (χ3n) is 5.28. The van der Waals surface area contributed by atoms with Crippen LogP contribution in [0.4, 0.5) is 4.39 Å². The number of nitrogens with zero attached hydrogens (tertiary/aromatic N) is 3. The first-order valence-electron chi connectivity index (χ1n) is 9.19. The van der Waals surface area contributed by atoms with Crippen LogP contribution in [0.3, 0.4) is 0 Å². The number of carbonyl (C=O) groups is 1. The third kappa shape index (κ3) is 3.33. The lowest BCUT2D eigenvalue weighted by molar-refractivity contribution is 0.0631. The molecule has 28 heavy (non-hydrogen) atoms. The first kappa shape index (κ1) is 18.4. The van der Waals surface area contributed by atoms with Crippen molar-refractivity contribution in [1.29, 1.82) is 0 Å². The van der Waals surface area contributed by atoms with Crippen molar-refractivity contribution in [1.82, 2.24) is 14.5 Å². The molecule has 1 atom stereocenters. The highest BCUT2D eigenvalue weighted by Crippen LogP contribution is 2.27. The average molecular weight is 383 g/mol. The summed E-state index contributed by atoms with van der Waals surface area (Å²) in [7, 11) is 1.64. The van der Waals surface area contributed by atoms with E-state index in [9.17, 15) is 9.18 Å². The number of para-hydroxylation sites is 1. The number of imidazole rings is 1. The van der Waals surface area contributed by atoms with E-state index in [1.165, 1.54) is 4.90 Å². The molecule has 1 aliphatic rings. The van der Waals surface area contributed by atoms with Gasteiger partial charge in [0.2, 0.25) is 0 Å². The van der Waals surface area contributed by atoms with Crippen LogP contribution in [0.5, 0.6) is 5.75 Å². The van der Waals surface area contributed by atoms with Gasteiger partial charge in [0.1, 0.15) is 5.75 Å². The number of rotatable bonds is 5. The fraction of sp³-hybridized carbons (Fsp3) is 0.333. The van der Waals surface area contributed by atoms with E-state index in [1.807, 2.05) is 34.9 Å². The first-order valence-corrected chi connectivity index (χ1v) is 9.19. The van der Waals surface area contributed by atoms with E-state index in [0.717, 1.165) is 16.8 Å². The average Bonchev–Trinajstić information content (AvgIpc) is 3.32. The molecule has 3 aromatic rings. The number of aliphatic hydroxyl groups is 1. The molecule has 0 saturated carbocycles. The molecule has 2 heterocycles. The van der Waals surface area contributed by atoms with Gasteiger partial charge >= 0.3 is 0 Å². The topological polar surface area (TPSA) is 67.6 Å². The first-order chi connectivity index (χ1) is 13.5. The summed E-state index contributed by atoms with van der Waals surface area (Å²) in [5.41, 5.74) is 1.41. The molecule has 4 rings (SSSR count). The van der Waals surface area contributed by atoms with Crippen LogP contribution in [0, 0.1) is 0 Å². The third-order valence-corrected chi connectivity index (χ3v) is 5.28. The fourth-order valence-electron chi connectivity index (χ4n) is 3.66. The summed E-state index contributed by atoms with van der Waals surface area (Å²) in [6, 6.07) is 13.1. The van der Waals surface area contributed by atoms with Crippen LogP contribution < -0.4 is 4.74 Å². The van der Waals surface area contributed by atoms with Crippen molar-refractivity contribution in [3.05, 3.63) is 59.9 Å². The number of carbonyl (C=O) groups excluding carboxylic acids is 1. The van der Waals surface area contributed by atoms with E-state index < -0.39 is 12.3 Å². The number of fused-ring (bicyclic) bond motifs is 1. The summed E-state index contributed by atoms with van der Waals surface area (Å²) >= 11 is 0. The molecule has 0 aliphatic carbocycles. The Balaban J connectivity index is 1.57. The van der Waals surface area contributed by atoms with Gasteiger partial charge in [-0.05, 0) is 24.3 Å². The number of benzene rings is 2. The highest BCUT2D eigenvalue weighted by atomic mass is 19.1. The molecule has 0 radical (unpaired) electrons. The van der Waals surface area contributed by atoms with Gasteiger partial charge < -0.3 is 19.3 Å². The van der Waals surface area contributed by atoms with E-state index in [4.69, 9.17) is 9.84 Å². The number of alkyl halides is 1. The van der Waals surface area contributed by atoms with Crippen molar-refractivity contribution in [2.45, 2.75) is 18.6 Å². The van der Waals surface area contributed by atoms with Gasteiger partial charge in [-0.25, -0.2) is 9.37 Å². The smallest absolute Gasteiger partial charge is 0.254 e. The lowest BCUT2D eigenvalue weighted by atomic mass is 10.1. The Labute approximate surface area is 162 Å². The summed E-state index contributed by atoms with van der Waals surface area (Å²) in [6.07, 6.45) is 1.89. The molecular weight excluding hydrogens is 361 g/mol. The molecule has 0 bridgehead atoms. The van der Waals surface area contributed by atoms with Crippen LogP contribution >= 0.6 is 0 Å². The molecule has 0 unspecified atom stereocenters. The Hall–Kier alpha value is -2.93. The zero-order chi connectivity index (χ0) is 19.7. The van der Waals surface area contributed by atoms with Crippen LogP contribution in [-0.2, 0) is 6.54 Å². The number of hydrogen-bond donors (Lipinski definition) is 1. The second-order valence-electron chi connectivity index (χ2n) is 7.17. The van der Waals surface area contributed by atoms with Crippen molar-refractivity contribution in [2.24, 2.45) is 0 Å². The van der Waals surface area contributed by atoms with Gasteiger partial charge in [-0.15, -0.1) is 0 Å². The Morgan fingerprint density at radius 3 is 2.89 bits per heavy atom. The monoisotopic (exact) mass is 383 g/mol. The largest absolute Gasteiger partial charge is 0.496 e. The summed E-state index contributed by atoms with van der Waals surface area (Å²) in [5.74, 6) is 0.568. The maximum absolute atomic E-state index is 14.2. The second kappa shape index (κ2) is 7.24. The van der Waals surface area contributed by atoms with Crippen molar-refractivity contribution >= 4 is 16.9 Å². The van der Waals surface area contributed by atoms with Gasteiger partial charge in [0.05, 0.1) is 44.2 Å². The number of halogens is 1. The van der Waals surface area contributed by atoms with Gasteiger partial charge in [-0.3, -0.25) is 4.79 Å². The Morgan fingerprint density at radius 1 is 1.32 bits per heavy atom. The van der Waals surface area contributed by atoms with E-state index in [0.29, 0.717) is 24.2 Å². The van der Waals surface area contributed by atoms with Gasteiger partial charge in [0.15, 0.2) is 5.67 Å². The van der Waals surface area contributed by atoms with Crippen molar-refractivity contribution in [2.75, 3.05) is 26.8 Å². The van der Waals surface area contributed by atoms with Crippen molar-refractivity contribution < 1.29 is 19.0 Å². The number of likely N-dealkylation sites (tertiary alicyclic amines) is 1. The predicted molar refractivity (Wildman–Crippen MR) is 103 cm³/mol. The molecule has 1 saturated heterocycles. The second-order valence-corrected chi connectivity index (χ2v) is 7.17. The van der Waals surface area contributed by atoms with Crippen LogP contribution in [0.1, 0.15) is 22.3 Å². The van der Waals surface area contributed by atoms with E-state index in [2.05, 4.69) is 4.98 Å². The van der Waals surface area contributed by atoms with E-state index >= 15 is 0 Å². The van der Waals surface area contributed by atoms with Gasteiger partial charge in [0.25, 0.3) is 5.91 Å². The van der Waals surface area contributed by atoms with Crippen molar-refractivity contribution in [3.63, 3.8) is 0 Å². The van der Waals surface area contributed by atoms with Crippen LogP contribution in [-0.4, -0.2) is 57.9 Å². The van der Waals surface area contributed by atoms with E-state index in [-0.39, 0.29) is 18.9 Å². The van der Waals surface area contributed by atoms with Crippen LogP contribution in [0.15, 0.2) is 48.8 Å². The number of amides is 1. The molecule has 1 aromatic heterocycles. The number of ether oxygens (including phenoxy) is 1. The predicted octanol–water partition coefficient (Wildman–Crippen LogP) is 2.64. The summed E-state index contributed by atoms with van der Waals surface area (Å²) in [5, 5.41) is 9.16. The summed E-state index contributed by atoms with van der Waals surface area (Å²) in [4.78, 5) is 18.6. The highest BCUT2D eigenvalue weighted by Gasteiger charge is 2.39. The standard InChI is InChI=1S/C21H22FN3O3/c1-28-19-5-3-2-4-16(19)11-25-14-23-17-10-15(6-7-18(17)25)20(27)24-9-8-21(22,12-24)13-26/h2-7,10,14,26H,8-9,11-13H2,1H3/t21-/m0/s1. The molecule has 1 aliphatic heterocycles. The lowest BCUT2D eigenvalue weighted by Crippen LogP contribution is -2.35. The number of methoxy groups -OCH3 is 1. The molecule has 1 amide bonds. The zero-order valence-corrected chi connectivity index (χ0v) is 15.6. The Morgan fingerprint density at radius 2 is 2.14 bits per heavy atom. The lowest BCUT2D eigenvalue weighted by Gasteiger charge is -2.19. The van der Waals surface area contributed by atoms with E-state index in [1.54, 1.807) is 25.6 Å². The number of aliphatic hydroxyl groups excluding tert-OH is 1.